The number of aryl methyl sites for hydroxylation is 1. The van der Waals surface area contributed by atoms with Crippen molar-refractivity contribution < 1.29 is 0 Å². The first-order valence-electron chi connectivity index (χ1n) is 4.61. The van der Waals surface area contributed by atoms with Crippen molar-refractivity contribution in [3.8, 4) is 0 Å². The Morgan fingerprint density at radius 1 is 1.53 bits per heavy atom. The fraction of sp³-hybridized carbons (Fsp3) is 0.333. The van der Waals surface area contributed by atoms with Gasteiger partial charge in [0, 0.05) is 30.1 Å². The highest BCUT2D eigenvalue weighted by Gasteiger charge is 2.00. The number of thiazole rings is 1. The van der Waals surface area contributed by atoms with Crippen molar-refractivity contribution in [3.63, 3.8) is 0 Å². The monoisotopic (exact) mass is 240 g/mol. The average Bonchev–Trinajstić information content (AvgIpc) is 2.76. The van der Waals surface area contributed by atoms with Gasteiger partial charge in [-0.1, -0.05) is 0 Å². The number of hydrogen-bond acceptors (Lipinski definition) is 6. The summed E-state index contributed by atoms with van der Waals surface area (Å²) in [6, 6.07) is 1.85. The molecule has 15 heavy (non-hydrogen) atoms. The lowest BCUT2D eigenvalue weighted by atomic mass is 10.4. The van der Waals surface area contributed by atoms with Crippen molar-refractivity contribution in [2.75, 3.05) is 17.6 Å². The zero-order valence-corrected chi connectivity index (χ0v) is 9.99. The molecule has 0 aliphatic carbocycles. The number of aromatic nitrogens is 2. The molecule has 0 radical (unpaired) electrons. The molecule has 2 rings (SSSR count). The lowest BCUT2D eigenvalue weighted by Crippen LogP contribution is -2.03. The van der Waals surface area contributed by atoms with E-state index >= 15 is 0 Å². The Labute approximate surface area is 96.3 Å². The van der Waals surface area contributed by atoms with Crippen LogP contribution in [0.4, 0.5) is 10.8 Å². The Kier molecular flexibility index (Phi) is 3.17. The first-order chi connectivity index (χ1) is 7.24. The lowest BCUT2D eigenvalue weighted by Gasteiger charge is -1.99. The Morgan fingerprint density at radius 3 is 3.00 bits per heavy atom. The molecule has 0 unspecified atom stereocenters. The van der Waals surface area contributed by atoms with Crippen LogP contribution in [0.15, 0.2) is 11.4 Å². The van der Waals surface area contributed by atoms with Gasteiger partial charge in [0.1, 0.15) is 10.8 Å². The summed E-state index contributed by atoms with van der Waals surface area (Å²) in [5.41, 5.74) is 6.61. The minimum absolute atomic E-state index is 0.576. The molecule has 0 aromatic carbocycles. The second-order valence-electron chi connectivity index (χ2n) is 3.18. The highest BCUT2D eigenvalue weighted by molar-refractivity contribution is 7.10. The van der Waals surface area contributed by atoms with Gasteiger partial charge in [-0.15, -0.1) is 11.3 Å². The summed E-state index contributed by atoms with van der Waals surface area (Å²) < 4.78 is 3.99. The van der Waals surface area contributed by atoms with E-state index in [1.54, 1.807) is 11.3 Å². The van der Waals surface area contributed by atoms with E-state index in [9.17, 15) is 0 Å². The van der Waals surface area contributed by atoms with Gasteiger partial charge in [-0.25, -0.2) is 4.98 Å². The number of nitrogens with two attached hydrogens (primary N) is 1. The number of nitrogens with zero attached hydrogens (tertiary/aromatic N) is 2. The molecule has 0 amide bonds. The van der Waals surface area contributed by atoms with Gasteiger partial charge in [0.05, 0.1) is 5.01 Å². The number of nitrogens with one attached hydrogen (secondary N) is 1. The zero-order chi connectivity index (χ0) is 10.7. The minimum atomic E-state index is 0.576. The first-order valence-corrected chi connectivity index (χ1v) is 6.26. The molecule has 0 aliphatic heterocycles. The third kappa shape index (κ3) is 2.90. The van der Waals surface area contributed by atoms with Crippen LogP contribution in [0.3, 0.4) is 0 Å². The quantitative estimate of drug-likeness (QED) is 0.859. The summed E-state index contributed by atoms with van der Waals surface area (Å²) in [5.74, 6) is 0.576. The van der Waals surface area contributed by atoms with E-state index < -0.39 is 0 Å². The maximum atomic E-state index is 5.51. The van der Waals surface area contributed by atoms with Crippen molar-refractivity contribution in [1.82, 2.24) is 9.36 Å². The molecular formula is C9H12N4S2. The third-order valence-electron chi connectivity index (χ3n) is 1.83. The Bertz CT molecular complexity index is 395. The molecule has 0 fully saturated rings. The van der Waals surface area contributed by atoms with Gasteiger partial charge in [0.25, 0.3) is 0 Å². The molecular weight excluding hydrogens is 228 g/mol. The fourth-order valence-corrected chi connectivity index (χ4v) is 2.55. The van der Waals surface area contributed by atoms with Crippen LogP contribution in [-0.2, 0) is 6.42 Å². The minimum Gasteiger partial charge on any atom is -0.383 e. The van der Waals surface area contributed by atoms with Crippen molar-refractivity contribution in [3.05, 3.63) is 22.1 Å². The Balaban J connectivity index is 1.80. The average molecular weight is 240 g/mol. The summed E-state index contributed by atoms with van der Waals surface area (Å²) in [5, 5.41) is 7.51. The summed E-state index contributed by atoms with van der Waals surface area (Å²) in [6.45, 7) is 2.88. The van der Waals surface area contributed by atoms with Crippen LogP contribution < -0.4 is 11.1 Å². The fourth-order valence-electron chi connectivity index (χ4n) is 1.18. The lowest BCUT2D eigenvalue weighted by molar-refractivity contribution is 0.990. The molecule has 0 spiro atoms. The van der Waals surface area contributed by atoms with Crippen LogP contribution in [0, 0.1) is 6.92 Å². The normalized spacial score (nSPS) is 10.5. The van der Waals surface area contributed by atoms with E-state index in [4.69, 9.17) is 5.73 Å². The second-order valence-corrected chi connectivity index (χ2v) is 4.92. The van der Waals surface area contributed by atoms with Crippen LogP contribution in [0.5, 0.6) is 0 Å². The van der Waals surface area contributed by atoms with Gasteiger partial charge in [0.15, 0.2) is 0 Å². The van der Waals surface area contributed by atoms with Gasteiger partial charge >= 0.3 is 0 Å². The molecule has 0 aliphatic rings. The number of anilines is 2. The largest absolute Gasteiger partial charge is 0.383 e. The number of hydrogen-bond donors (Lipinski definition) is 2. The molecule has 2 aromatic rings. The van der Waals surface area contributed by atoms with Gasteiger partial charge in [-0.2, -0.15) is 4.37 Å². The van der Waals surface area contributed by atoms with Crippen LogP contribution in [0.1, 0.15) is 10.7 Å². The first kappa shape index (κ1) is 10.4. The number of rotatable bonds is 4. The molecule has 4 nitrogen and oxygen atoms in total. The van der Waals surface area contributed by atoms with Gasteiger partial charge in [-0.3, -0.25) is 0 Å². The van der Waals surface area contributed by atoms with Crippen LogP contribution in [-0.4, -0.2) is 15.9 Å². The predicted molar refractivity (Wildman–Crippen MR) is 65.6 cm³/mol. The van der Waals surface area contributed by atoms with E-state index in [-0.39, 0.29) is 0 Å². The SMILES string of the molecule is Cc1csc(CCNc2cc(N)ns2)n1. The molecule has 3 N–H and O–H groups in total. The molecule has 0 bridgehead atoms. The maximum absolute atomic E-state index is 5.51. The smallest absolute Gasteiger partial charge is 0.139 e. The second kappa shape index (κ2) is 4.59. The highest BCUT2D eigenvalue weighted by atomic mass is 32.1. The number of nitrogen functional groups attached to an aromatic ring is 1. The maximum Gasteiger partial charge on any atom is 0.139 e. The highest BCUT2D eigenvalue weighted by Crippen LogP contribution is 2.17. The molecule has 80 valence electrons. The van der Waals surface area contributed by atoms with Crippen molar-refractivity contribution in [1.29, 1.82) is 0 Å². The molecule has 2 aromatic heterocycles. The topological polar surface area (TPSA) is 63.8 Å². The molecule has 0 saturated carbocycles. The van der Waals surface area contributed by atoms with Crippen molar-refractivity contribution in [2.24, 2.45) is 0 Å². The molecule has 0 saturated heterocycles. The van der Waals surface area contributed by atoms with Crippen molar-refractivity contribution in [2.45, 2.75) is 13.3 Å². The summed E-state index contributed by atoms with van der Waals surface area (Å²) >= 11 is 3.09. The molecule has 6 heteroatoms. The Hall–Kier alpha value is -1.14. The summed E-state index contributed by atoms with van der Waals surface area (Å²) in [4.78, 5) is 4.39. The van der Waals surface area contributed by atoms with Crippen molar-refractivity contribution >= 4 is 33.7 Å². The van der Waals surface area contributed by atoms with E-state index in [1.165, 1.54) is 11.5 Å². The van der Waals surface area contributed by atoms with E-state index in [1.807, 2.05) is 13.0 Å². The van der Waals surface area contributed by atoms with E-state index in [0.29, 0.717) is 5.82 Å². The standard InChI is InChI=1S/C9H12N4S2/c1-6-5-14-8(12-6)2-3-11-9-4-7(10)13-15-9/h4-5,11H,2-3H2,1H3,(H2,10,13). The predicted octanol–water partition coefficient (Wildman–Crippen LogP) is 2.14. The van der Waals surface area contributed by atoms with Gasteiger partial charge in [-0.05, 0) is 18.5 Å². The van der Waals surface area contributed by atoms with E-state index in [2.05, 4.69) is 20.1 Å². The summed E-state index contributed by atoms with van der Waals surface area (Å²) in [6.07, 6.45) is 0.941. The van der Waals surface area contributed by atoms with Crippen LogP contribution in [0.25, 0.3) is 0 Å². The zero-order valence-electron chi connectivity index (χ0n) is 8.36. The molecule has 0 atom stereocenters. The Morgan fingerprint density at radius 2 is 2.40 bits per heavy atom. The third-order valence-corrected chi connectivity index (χ3v) is 3.62. The van der Waals surface area contributed by atoms with Gasteiger partial charge < -0.3 is 11.1 Å². The summed E-state index contributed by atoms with van der Waals surface area (Å²) in [7, 11) is 0. The van der Waals surface area contributed by atoms with Gasteiger partial charge in [0.2, 0.25) is 0 Å². The van der Waals surface area contributed by atoms with Crippen LogP contribution in [0.2, 0.25) is 0 Å². The van der Waals surface area contributed by atoms with Crippen LogP contribution >= 0.6 is 22.9 Å². The molecule has 2 heterocycles. The van der Waals surface area contributed by atoms with E-state index in [0.717, 1.165) is 28.7 Å².